The Morgan fingerprint density at radius 3 is 1.95 bits per heavy atom. The van der Waals surface area contributed by atoms with E-state index in [0.29, 0.717) is 5.41 Å². The molecule has 0 aromatic carbocycles. The fraction of sp³-hybridized carbons (Fsp3) is 1.00. The van der Waals surface area contributed by atoms with E-state index in [1.54, 1.807) is 6.42 Å². The Hall–Kier alpha value is 0. The van der Waals surface area contributed by atoms with E-state index in [9.17, 15) is 0 Å². The summed E-state index contributed by atoms with van der Waals surface area (Å²) < 4.78 is 0. The van der Waals surface area contributed by atoms with Crippen molar-refractivity contribution in [2.24, 2.45) is 35.0 Å². The summed E-state index contributed by atoms with van der Waals surface area (Å²) in [5.74, 6) is 5.06. The highest BCUT2D eigenvalue weighted by Gasteiger charge is 2.35. The van der Waals surface area contributed by atoms with Crippen molar-refractivity contribution in [2.45, 2.75) is 86.0 Å². The van der Waals surface area contributed by atoms with Gasteiger partial charge in [-0.3, -0.25) is 0 Å². The average Bonchev–Trinajstić information content (AvgIpc) is 2.38. The highest BCUT2D eigenvalue weighted by atomic mass is 14.4. The quantitative estimate of drug-likeness (QED) is 0.549. The summed E-state index contributed by atoms with van der Waals surface area (Å²) >= 11 is 0. The van der Waals surface area contributed by atoms with Gasteiger partial charge in [0.25, 0.3) is 0 Å². The molecule has 0 spiro atoms. The summed E-state index contributed by atoms with van der Waals surface area (Å²) in [5.41, 5.74) is 0.540. The molecule has 0 saturated heterocycles. The summed E-state index contributed by atoms with van der Waals surface area (Å²) in [5, 5.41) is 0. The van der Waals surface area contributed by atoms with Gasteiger partial charge in [0.1, 0.15) is 0 Å². The Balaban J connectivity index is 1.84. The summed E-state index contributed by atoms with van der Waals surface area (Å²) in [6, 6.07) is 0. The standard InChI is InChI=1S/C19H36/c1-14(2)16-7-6-8-17(13-16)15-9-11-18(12-10-15)19(3,4)5/h14-18H,6-13H2,1-5H3. The maximum absolute atomic E-state index is 2.44. The van der Waals surface area contributed by atoms with Gasteiger partial charge in [-0.2, -0.15) is 0 Å². The molecule has 0 N–H and O–H groups in total. The van der Waals surface area contributed by atoms with Crippen molar-refractivity contribution in [1.82, 2.24) is 0 Å². The molecule has 2 aliphatic carbocycles. The largest absolute Gasteiger partial charge is 0.0625 e. The van der Waals surface area contributed by atoms with Crippen molar-refractivity contribution in [1.29, 1.82) is 0 Å². The van der Waals surface area contributed by atoms with Crippen LogP contribution in [0.1, 0.15) is 86.0 Å². The third kappa shape index (κ3) is 3.99. The van der Waals surface area contributed by atoms with Crippen molar-refractivity contribution in [3.8, 4) is 0 Å². The highest BCUT2D eigenvalue weighted by Crippen LogP contribution is 2.46. The average molecular weight is 264 g/mol. The molecule has 19 heavy (non-hydrogen) atoms. The van der Waals surface area contributed by atoms with E-state index in [4.69, 9.17) is 0 Å². The Kier molecular flexibility index (Phi) is 5.01. The maximum Gasteiger partial charge on any atom is -0.0354 e. The molecule has 2 fully saturated rings. The lowest BCUT2D eigenvalue weighted by atomic mass is 9.63. The van der Waals surface area contributed by atoms with Gasteiger partial charge in [0.2, 0.25) is 0 Å². The Labute approximate surface area is 121 Å². The number of hydrogen-bond acceptors (Lipinski definition) is 0. The summed E-state index contributed by atoms with van der Waals surface area (Å²) in [7, 11) is 0. The minimum absolute atomic E-state index is 0.540. The monoisotopic (exact) mass is 264 g/mol. The van der Waals surface area contributed by atoms with Gasteiger partial charge in [-0.05, 0) is 67.1 Å². The molecule has 2 aliphatic rings. The van der Waals surface area contributed by atoms with Gasteiger partial charge in [0, 0.05) is 0 Å². The first kappa shape index (κ1) is 15.4. The summed E-state index contributed by atoms with van der Waals surface area (Å²) in [4.78, 5) is 0. The molecule has 0 amide bonds. The lowest BCUT2D eigenvalue weighted by Gasteiger charge is -2.42. The Morgan fingerprint density at radius 1 is 0.789 bits per heavy atom. The first-order chi connectivity index (χ1) is 8.88. The maximum atomic E-state index is 2.44. The van der Waals surface area contributed by atoms with Crippen LogP contribution in [-0.4, -0.2) is 0 Å². The van der Waals surface area contributed by atoms with Crippen LogP contribution in [-0.2, 0) is 0 Å². The molecule has 2 rings (SSSR count). The molecular formula is C19H36. The van der Waals surface area contributed by atoms with Crippen LogP contribution in [0.3, 0.4) is 0 Å². The van der Waals surface area contributed by atoms with Crippen LogP contribution in [0.4, 0.5) is 0 Å². The van der Waals surface area contributed by atoms with E-state index in [0.717, 1.165) is 29.6 Å². The summed E-state index contributed by atoms with van der Waals surface area (Å²) in [6.07, 6.45) is 12.1. The molecule has 0 heteroatoms. The van der Waals surface area contributed by atoms with Crippen LogP contribution < -0.4 is 0 Å². The lowest BCUT2D eigenvalue weighted by molar-refractivity contribution is 0.0892. The van der Waals surface area contributed by atoms with Crippen molar-refractivity contribution in [3.05, 3.63) is 0 Å². The molecule has 2 saturated carbocycles. The zero-order valence-corrected chi connectivity index (χ0v) is 14.0. The van der Waals surface area contributed by atoms with Crippen LogP contribution in [0, 0.1) is 35.0 Å². The predicted octanol–water partition coefficient (Wildman–Crippen LogP) is 6.30. The Morgan fingerprint density at radius 2 is 1.42 bits per heavy atom. The highest BCUT2D eigenvalue weighted by molar-refractivity contribution is 4.86. The molecule has 0 radical (unpaired) electrons. The smallest absolute Gasteiger partial charge is 0.0354 e. The van der Waals surface area contributed by atoms with E-state index in [1.807, 2.05) is 0 Å². The van der Waals surface area contributed by atoms with Gasteiger partial charge >= 0.3 is 0 Å². The van der Waals surface area contributed by atoms with Crippen LogP contribution in [0.2, 0.25) is 0 Å². The van der Waals surface area contributed by atoms with E-state index < -0.39 is 0 Å². The van der Waals surface area contributed by atoms with Crippen molar-refractivity contribution in [2.75, 3.05) is 0 Å². The zero-order chi connectivity index (χ0) is 14.0. The summed E-state index contributed by atoms with van der Waals surface area (Å²) in [6.45, 7) is 12.2. The zero-order valence-electron chi connectivity index (χ0n) is 14.0. The third-order valence-corrected chi connectivity index (χ3v) is 6.36. The van der Waals surface area contributed by atoms with Gasteiger partial charge in [-0.1, -0.05) is 53.9 Å². The SMILES string of the molecule is CC(C)C1CCCC(C2CCC(C(C)(C)C)CC2)C1. The molecule has 0 aromatic heterocycles. The lowest BCUT2D eigenvalue weighted by Crippen LogP contribution is -2.31. The van der Waals surface area contributed by atoms with Gasteiger partial charge in [0.15, 0.2) is 0 Å². The first-order valence-corrected chi connectivity index (χ1v) is 8.88. The van der Waals surface area contributed by atoms with Gasteiger partial charge < -0.3 is 0 Å². The molecule has 2 unspecified atom stereocenters. The van der Waals surface area contributed by atoms with Crippen molar-refractivity contribution >= 4 is 0 Å². The molecule has 112 valence electrons. The van der Waals surface area contributed by atoms with Crippen molar-refractivity contribution in [3.63, 3.8) is 0 Å². The predicted molar refractivity (Wildman–Crippen MR) is 85.2 cm³/mol. The van der Waals surface area contributed by atoms with E-state index >= 15 is 0 Å². The van der Waals surface area contributed by atoms with Crippen LogP contribution in [0.25, 0.3) is 0 Å². The van der Waals surface area contributed by atoms with Crippen molar-refractivity contribution < 1.29 is 0 Å². The molecule has 0 bridgehead atoms. The van der Waals surface area contributed by atoms with Gasteiger partial charge in [0.05, 0.1) is 0 Å². The molecule has 2 atom stereocenters. The molecule has 0 heterocycles. The van der Waals surface area contributed by atoms with Gasteiger partial charge in [-0.25, -0.2) is 0 Å². The van der Waals surface area contributed by atoms with Gasteiger partial charge in [-0.15, -0.1) is 0 Å². The minimum Gasteiger partial charge on any atom is -0.0625 e. The molecular weight excluding hydrogens is 228 g/mol. The minimum atomic E-state index is 0.540. The molecule has 0 aliphatic heterocycles. The topological polar surface area (TPSA) is 0 Å². The normalized spacial score (nSPS) is 37.6. The fourth-order valence-electron chi connectivity index (χ4n) is 4.76. The third-order valence-electron chi connectivity index (χ3n) is 6.36. The van der Waals surface area contributed by atoms with Crippen LogP contribution in [0.5, 0.6) is 0 Å². The second-order valence-electron chi connectivity index (χ2n) is 8.91. The van der Waals surface area contributed by atoms with E-state index in [1.165, 1.54) is 44.9 Å². The number of hydrogen-bond donors (Lipinski definition) is 0. The molecule has 0 nitrogen and oxygen atoms in total. The van der Waals surface area contributed by atoms with Crippen LogP contribution >= 0.6 is 0 Å². The second kappa shape index (κ2) is 6.19. The van der Waals surface area contributed by atoms with Crippen LogP contribution in [0.15, 0.2) is 0 Å². The first-order valence-electron chi connectivity index (χ1n) is 8.88. The van der Waals surface area contributed by atoms with E-state index in [-0.39, 0.29) is 0 Å². The Bertz CT molecular complexity index is 262. The second-order valence-corrected chi connectivity index (χ2v) is 8.91. The molecule has 0 aromatic rings. The fourth-order valence-corrected chi connectivity index (χ4v) is 4.76. The number of rotatable bonds is 2. The van der Waals surface area contributed by atoms with E-state index in [2.05, 4.69) is 34.6 Å².